The van der Waals surface area contributed by atoms with Gasteiger partial charge in [0.2, 0.25) is 0 Å². The van der Waals surface area contributed by atoms with Crippen LogP contribution in [0.5, 0.6) is 5.75 Å². The van der Waals surface area contributed by atoms with E-state index in [0.717, 1.165) is 4.90 Å². The van der Waals surface area contributed by atoms with Crippen molar-refractivity contribution >= 4 is 23.9 Å². The third kappa shape index (κ3) is 4.65. The van der Waals surface area contributed by atoms with Gasteiger partial charge >= 0.3 is 0 Å². The lowest BCUT2D eigenvalue weighted by Crippen LogP contribution is -2.26. The van der Waals surface area contributed by atoms with Crippen LogP contribution in [0.2, 0.25) is 0 Å². The highest BCUT2D eigenvalue weighted by Gasteiger charge is 2.13. The topological polar surface area (TPSA) is 61.7 Å². The molecule has 0 aliphatic heterocycles. The molecule has 0 saturated carbocycles. The number of phenols is 1. The minimum atomic E-state index is -0.256. The first-order chi connectivity index (χ1) is 10.2. The van der Waals surface area contributed by atoms with E-state index < -0.39 is 0 Å². The Labute approximate surface area is 127 Å². The second-order valence-corrected chi connectivity index (χ2v) is 5.78. The smallest absolute Gasteiger partial charge is 0.253 e. The van der Waals surface area contributed by atoms with Crippen molar-refractivity contribution in [1.29, 1.82) is 0 Å². The Kier molecular flexibility index (Phi) is 5.40. The fraction of sp³-hybridized carbons (Fsp3) is 0.125. The third-order valence-electron chi connectivity index (χ3n) is 2.74. The molecule has 0 aliphatic rings. The van der Waals surface area contributed by atoms with E-state index in [1.165, 1.54) is 18.0 Å². The molecule has 2 aromatic carbocycles. The molecule has 0 saturated heterocycles. The zero-order valence-electron chi connectivity index (χ0n) is 11.6. The molecular formula is C16H16N2O2S. The maximum absolute atomic E-state index is 11.9. The van der Waals surface area contributed by atoms with Gasteiger partial charge in [-0.05, 0) is 31.2 Å². The van der Waals surface area contributed by atoms with Gasteiger partial charge in [0, 0.05) is 10.5 Å². The van der Waals surface area contributed by atoms with Crippen molar-refractivity contribution < 1.29 is 9.90 Å². The number of carbonyl (C=O) groups is 1. The van der Waals surface area contributed by atoms with Gasteiger partial charge in [0.05, 0.1) is 11.5 Å². The molecule has 0 aliphatic carbocycles. The number of amides is 1. The average molecular weight is 300 g/mol. The van der Waals surface area contributed by atoms with Crippen molar-refractivity contribution in [3.8, 4) is 5.75 Å². The zero-order chi connectivity index (χ0) is 15.1. The van der Waals surface area contributed by atoms with Crippen molar-refractivity contribution in [1.82, 2.24) is 5.43 Å². The van der Waals surface area contributed by atoms with Crippen LogP contribution in [0, 0.1) is 0 Å². The number of para-hydroxylation sites is 1. The molecule has 108 valence electrons. The maximum Gasteiger partial charge on any atom is 0.253 e. The summed E-state index contributed by atoms with van der Waals surface area (Å²) in [5.74, 6) is -0.0577. The molecule has 2 N–H and O–H groups in total. The van der Waals surface area contributed by atoms with Gasteiger partial charge in [-0.2, -0.15) is 5.10 Å². The Bertz CT molecular complexity index is 629. The van der Waals surface area contributed by atoms with Gasteiger partial charge in [-0.3, -0.25) is 4.79 Å². The van der Waals surface area contributed by atoms with Crippen LogP contribution in [0.3, 0.4) is 0 Å². The lowest BCUT2D eigenvalue weighted by atomic mass is 10.2. The summed E-state index contributed by atoms with van der Waals surface area (Å²) < 4.78 is 0. The Morgan fingerprint density at radius 1 is 1.19 bits per heavy atom. The van der Waals surface area contributed by atoms with E-state index in [2.05, 4.69) is 10.5 Å². The van der Waals surface area contributed by atoms with Crippen LogP contribution in [0.4, 0.5) is 0 Å². The number of hydrogen-bond donors (Lipinski definition) is 2. The number of benzene rings is 2. The van der Waals surface area contributed by atoms with Crippen LogP contribution in [0.1, 0.15) is 12.5 Å². The van der Waals surface area contributed by atoms with Gasteiger partial charge in [0.15, 0.2) is 0 Å². The number of aromatic hydroxyl groups is 1. The predicted molar refractivity (Wildman–Crippen MR) is 85.6 cm³/mol. The second kappa shape index (κ2) is 7.50. The van der Waals surface area contributed by atoms with Crippen molar-refractivity contribution in [2.24, 2.45) is 5.10 Å². The molecule has 0 heterocycles. The van der Waals surface area contributed by atoms with E-state index in [4.69, 9.17) is 0 Å². The molecule has 0 radical (unpaired) electrons. The summed E-state index contributed by atoms with van der Waals surface area (Å²) in [6.45, 7) is 1.82. The largest absolute Gasteiger partial charge is 0.507 e. The summed E-state index contributed by atoms with van der Waals surface area (Å²) in [5, 5.41) is 13.2. The first-order valence-electron chi connectivity index (χ1n) is 6.49. The van der Waals surface area contributed by atoms with E-state index in [0.29, 0.717) is 5.56 Å². The second-order valence-electron chi connectivity index (χ2n) is 4.37. The number of nitrogens with zero attached hydrogens (tertiary/aromatic N) is 1. The third-order valence-corrected chi connectivity index (χ3v) is 3.85. The molecule has 1 unspecified atom stereocenters. The Hall–Kier alpha value is -2.27. The predicted octanol–water partition coefficient (Wildman–Crippen LogP) is 3.02. The van der Waals surface area contributed by atoms with E-state index in [1.54, 1.807) is 24.3 Å². The molecule has 2 rings (SSSR count). The van der Waals surface area contributed by atoms with E-state index in [1.807, 2.05) is 37.3 Å². The van der Waals surface area contributed by atoms with Crippen molar-refractivity contribution in [2.75, 3.05) is 0 Å². The van der Waals surface area contributed by atoms with Crippen LogP contribution in [-0.4, -0.2) is 22.5 Å². The lowest BCUT2D eigenvalue weighted by Gasteiger charge is -2.09. The number of hydrazone groups is 1. The van der Waals surface area contributed by atoms with Gasteiger partial charge in [0.25, 0.3) is 5.91 Å². The summed E-state index contributed by atoms with van der Waals surface area (Å²) in [6, 6.07) is 16.5. The molecule has 0 bridgehead atoms. The SMILES string of the molecule is CC(Sc1ccccc1)C(=O)N/N=C/c1ccccc1O. The fourth-order valence-electron chi connectivity index (χ4n) is 1.61. The first-order valence-corrected chi connectivity index (χ1v) is 7.37. The van der Waals surface area contributed by atoms with Crippen LogP contribution in [-0.2, 0) is 4.79 Å². The normalized spacial score (nSPS) is 12.2. The highest BCUT2D eigenvalue weighted by atomic mass is 32.2. The Morgan fingerprint density at radius 2 is 1.86 bits per heavy atom. The van der Waals surface area contributed by atoms with Gasteiger partial charge in [-0.1, -0.05) is 30.3 Å². The minimum absolute atomic E-state index is 0.127. The number of nitrogens with one attached hydrogen (secondary N) is 1. The van der Waals surface area contributed by atoms with Gasteiger partial charge in [0.1, 0.15) is 5.75 Å². The summed E-state index contributed by atoms with van der Waals surface area (Å²) in [5.41, 5.74) is 3.03. The maximum atomic E-state index is 11.9. The first kappa shape index (κ1) is 15.1. The number of hydrogen-bond acceptors (Lipinski definition) is 4. The minimum Gasteiger partial charge on any atom is -0.507 e. The highest BCUT2D eigenvalue weighted by molar-refractivity contribution is 8.00. The molecule has 4 nitrogen and oxygen atoms in total. The van der Waals surface area contributed by atoms with E-state index in [-0.39, 0.29) is 16.9 Å². The van der Waals surface area contributed by atoms with E-state index >= 15 is 0 Å². The molecule has 5 heteroatoms. The summed E-state index contributed by atoms with van der Waals surface area (Å²) in [7, 11) is 0. The quantitative estimate of drug-likeness (QED) is 0.507. The molecule has 0 spiro atoms. The summed E-state index contributed by atoms with van der Waals surface area (Å²) in [6.07, 6.45) is 1.42. The Morgan fingerprint density at radius 3 is 2.57 bits per heavy atom. The molecule has 0 aromatic heterocycles. The van der Waals surface area contributed by atoms with E-state index in [9.17, 15) is 9.90 Å². The molecule has 0 fully saturated rings. The number of thioether (sulfide) groups is 1. The number of phenolic OH excluding ortho intramolecular Hbond substituents is 1. The van der Waals surface area contributed by atoms with Crippen molar-refractivity contribution in [3.05, 3.63) is 60.2 Å². The standard InChI is InChI=1S/C16H16N2O2S/c1-12(21-14-8-3-2-4-9-14)16(20)18-17-11-13-7-5-6-10-15(13)19/h2-12,19H,1H3,(H,18,20)/b17-11+. The number of rotatable bonds is 5. The molecule has 21 heavy (non-hydrogen) atoms. The summed E-state index contributed by atoms with van der Waals surface area (Å²) >= 11 is 1.47. The molecule has 1 atom stereocenters. The van der Waals surface area contributed by atoms with Crippen LogP contribution < -0.4 is 5.43 Å². The Balaban J connectivity index is 1.88. The van der Waals surface area contributed by atoms with Gasteiger partial charge in [-0.15, -0.1) is 11.8 Å². The fourth-order valence-corrected chi connectivity index (χ4v) is 2.49. The van der Waals surface area contributed by atoms with Gasteiger partial charge < -0.3 is 5.11 Å². The monoisotopic (exact) mass is 300 g/mol. The number of carbonyl (C=O) groups excluding carboxylic acids is 1. The summed E-state index contributed by atoms with van der Waals surface area (Å²) in [4.78, 5) is 12.9. The van der Waals surface area contributed by atoms with Crippen LogP contribution in [0.15, 0.2) is 64.6 Å². The molecular weight excluding hydrogens is 284 g/mol. The molecule has 2 aromatic rings. The van der Waals surface area contributed by atoms with Crippen molar-refractivity contribution in [3.63, 3.8) is 0 Å². The van der Waals surface area contributed by atoms with Gasteiger partial charge in [-0.25, -0.2) is 5.43 Å². The van der Waals surface area contributed by atoms with Crippen LogP contribution >= 0.6 is 11.8 Å². The molecule has 1 amide bonds. The highest BCUT2D eigenvalue weighted by Crippen LogP contribution is 2.22. The lowest BCUT2D eigenvalue weighted by molar-refractivity contribution is -0.120. The zero-order valence-corrected chi connectivity index (χ0v) is 12.4. The average Bonchev–Trinajstić information content (AvgIpc) is 2.50. The van der Waals surface area contributed by atoms with Crippen LogP contribution in [0.25, 0.3) is 0 Å². The van der Waals surface area contributed by atoms with Crippen molar-refractivity contribution in [2.45, 2.75) is 17.1 Å².